The van der Waals surface area contributed by atoms with Crippen LogP contribution < -0.4 is 10.1 Å². The van der Waals surface area contributed by atoms with Crippen molar-refractivity contribution in [1.29, 1.82) is 0 Å². The van der Waals surface area contributed by atoms with Gasteiger partial charge in [0, 0.05) is 12.1 Å². The van der Waals surface area contributed by atoms with Gasteiger partial charge in [0.1, 0.15) is 12.4 Å². The minimum absolute atomic E-state index is 0.0579. The Balaban J connectivity index is 1.73. The highest BCUT2D eigenvalue weighted by Gasteiger charge is 2.17. The summed E-state index contributed by atoms with van der Waals surface area (Å²) in [4.78, 5) is 33.5. The zero-order valence-corrected chi connectivity index (χ0v) is 14.3. The predicted molar refractivity (Wildman–Crippen MR) is 93.3 cm³/mol. The van der Waals surface area contributed by atoms with Crippen LogP contribution in [0.2, 0.25) is 5.02 Å². The van der Waals surface area contributed by atoms with Crippen LogP contribution in [0.15, 0.2) is 48.5 Å². The summed E-state index contributed by atoms with van der Waals surface area (Å²) in [5, 5.41) is 13.0. The van der Waals surface area contributed by atoms with Gasteiger partial charge in [-0.1, -0.05) is 29.8 Å². The Bertz CT molecular complexity index is 797. The number of hydrogen-bond donors (Lipinski definition) is 1. The Morgan fingerprint density at radius 2 is 1.88 bits per heavy atom. The number of para-hydroxylation sites is 1. The number of hydrogen-bond acceptors (Lipinski definition) is 6. The molecule has 0 bridgehead atoms. The third kappa shape index (κ3) is 5.75. The van der Waals surface area contributed by atoms with Crippen molar-refractivity contribution in [2.75, 3.05) is 19.8 Å². The van der Waals surface area contributed by atoms with Gasteiger partial charge in [-0.3, -0.25) is 14.9 Å². The molecule has 0 unspecified atom stereocenters. The van der Waals surface area contributed by atoms with E-state index in [1.807, 2.05) is 18.2 Å². The summed E-state index contributed by atoms with van der Waals surface area (Å²) < 4.78 is 10.2. The van der Waals surface area contributed by atoms with E-state index in [1.165, 1.54) is 6.07 Å². The average molecular weight is 379 g/mol. The molecule has 0 aliphatic carbocycles. The summed E-state index contributed by atoms with van der Waals surface area (Å²) >= 11 is 5.82. The molecule has 0 saturated heterocycles. The fourth-order valence-electron chi connectivity index (χ4n) is 1.92. The van der Waals surface area contributed by atoms with Crippen molar-refractivity contribution in [3.63, 3.8) is 0 Å². The number of nitrogens with one attached hydrogen (secondary N) is 1. The topological polar surface area (TPSA) is 108 Å². The Labute approximate surface area is 153 Å². The van der Waals surface area contributed by atoms with Gasteiger partial charge in [0.25, 0.3) is 11.6 Å². The summed E-state index contributed by atoms with van der Waals surface area (Å²) in [6.45, 7) is -0.00106. The third-order valence-electron chi connectivity index (χ3n) is 3.15. The summed E-state index contributed by atoms with van der Waals surface area (Å²) in [7, 11) is 0. The van der Waals surface area contributed by atoms with E-state index in [1.54, 1.807) is 12.1 Å². The van der Waals surface area contributed by atoms with E-state index in [0.717, 1.165) is 12.1 Å². The van der Waals surface area contributed by atoms with E-state index in [-0.39, 0.29) is 29.4 Å². The minimum Gasteiger partial charge on any atom is -0.492 e. The number of esters is 1. The summed E-state index contributed by atoms with van der Waals surface area (Å²) in [6, 6.07) is 12.4. The summed E-state index contributed by atoms with van der Waals surface area (Å²) in [5.74, 6) is -0.672. The maximum Gasteiger partial charge on any atom is 0.340 e. The number of nitro benzene ring substituents is 1. The second-order valence-electron chi connectivity index (χ2n) is 5.01. The van der Waals surface area contributed by atoms with Crippen molar-refractivity contribution in [2.45, 2.75) is 0 Å². The second-order valence-corrected chi connectivity index (χ2v) is 5.42. The molecule has 8 nitrogen and oxygen atoms in total. The van der Waals surface area contributed by atoms with Crippen LogP contribution in [0.1, 0.15) is 10.4 Å². The lowest BCUT2D eigenvalue weighted by atomic mass is 10.2. The van der Waals surface area contributed by atoms with Crippen LogP contribution in [0.4, 0.5) is 5.69 Å². The van der Waals surface area contributed by atoms with Crippen LogP contribution in [-0.4, -0.2) is 36.6 Å². The van der Waals surface area contributed by atoms with Gasteiger partial charge in [0.15, 0.2) is 6.61 Å². The fraction of sp³-hybridized carbons (Fsp3) is 0.176. The number of nitro groups is 1. The Hall–Kier alpha value is -3.13. The van der Waals surface area contributed by atoms with Crippen molar-refractivity contribution >= 4 is 29.2 Å². The molecule has 0 fully saturated rings. The summed E-state index contributed by atoms with van der Waals surface area (Å²) in [5.41, 5.74) is -0.305. The summed E-state index contributed by atoms with van der Waals surface area (Å²) in [6.07, 6.45) is 0. The van der Waals surface area contributed by atoms with Crippen LogP contribution in [0, 0.1) is 10.1 Å². The molecule has 0 aromatic heterocycles. The molecule has 0 spiro atoms. The molecular weight excluding hydrogens is 364 g/mol. The second kappa shape index (κ2) is 9.38. The molecule has 2 aromatic carbocycles. The Morgan fingerprint density at radius 1 is 1.15 bits per heavy atom. The van der Waals surface area contributed by atoms with E-state index < -0.39 is 23.4 Å². The minimum atomic E-state index is -0.847. The number of non-ortho nitro benzene ring substituents is 1. The number of ether oxygens (including phenoxy) is 2. The monoisotopic (exact) mass is 378 g/mol. The number of benzene rings is 2. The molecule has 136 valence electrons. The highest BCUT2D eigenvalue weighted by Crippen LogP contribution is 2.23. The lowest BCUT2D eigenvalue weighted by Crippen LogP contribution is -2.32. The van der Waals surface area contributed by atoms with Crippen LogP contribution in [0.25, 0.3) is 0 Å². The van der Waals surface area contributed by atoms with Crippen molar-refractivity contribution in [3.8, 4) is 5.75 Å². The molecule has 26 heavy (non-hydrogen) atoms. The molecule has 1 amide bonds. The Kier molecular flexibility index (Phi) is 6.92. The van der Waals surface area contributed by atoms with Crippen molar-refractivity contribution in [1.82, 2.24) is 5.32 Å². The van der Waals surface area contributed by atoms with Gasteiger partial charge in [-0.15, -0.1) is 0 Å². The highest BCUT2D eigenvalue weighted by molar-refractivity contribution is 6.33. The van der Waals surface area contributed by atoms with Crippen LogP contribution in [0.5, 0.6) is 5.75 Å². The van der Waals surface area contributed by atoms with Gasteiger partial charge in [0.2, 0.25) is 0 Å². The zero-order chi connectivity index (χ0) is 18.9. The van der Waals surface area contributed by atoms with Gasteiger partial charge in [0.05, 0.1) is 22.1 Å². The first-order valence-electron chi connectivity index (χ1n) is 7.53. The van der Waals surface area contributed by atoms with Crippen molar-refractivity contribution < 1.29 is 24.0 Å². The smallest absolute Gasteiger partial charge is 0.340 e. The number of carbonyl (C=O) groups is 2. The van der Waals surface area contributed by atoms with Crippen molar-refractivity contribution in [2.24, 2.45) is 0 Å². The predicted octanol–water partition coefficient (Wildman–Crippen LogP) is 2.60. The van der Waals surface area contributed by atoms with Crippen molar-refractivity contribution in [3.05, 3.63) is 69.2 Å². The maximum absolute atomic E-state index is 11.9. The molecular formula is C17H15ClN2O6. The first-order valence-corrected chi connectivity index (χ1v) is 7.91. The van der Waals surface area contributed by atoms with E-state index in [4.69, 9.17) is 21.1 Å². The molecule has 0 atom stereocenters. The van der Waals surface area contributed by atoms with E-state index in [0.29, 0.717) is 5.75 Å². The first kappa shape index (κ1) is 19.2. The highest BCUT2D eigenvalue weighted by atomic mass is 35.5. The van der Waals surface area contributed by atoms with E-state index in [2.05, 4.69) is 5.32 Å². The quantitative estimate of drug-likeness (QED) is 0.327. The molecule has 2 aromatic rings. The number of nitrogens with zero attached hydrogens (tertiary/aromatic N) is 1. The lowest BCUT2D eigenvalue weighted by Gasteiger charge is -2.08. The van der Waals surface area contributed by atoms with E-state index in [9.17, 15) is 19.7 Å². The molecule has 1 N–H and O–H groups in total. The third-order valence-corrected chi connectivity index (χ3v) is 3.47. The van der Waals surface area contributed by atoms with Gasteiger partial charge < -0.3 is 14.8 Å². The first-order chi connectivity index (χ1) is 12.5. The van der Waals surface area contributed by atoms with Crippen LogP contribution >= 0.6 is 11.6 Å². The molecule has 2 rings (SSSR count). The van der Waals surface area contributed by atoms with Gasteiger partial charge in [-0.05, 0) is 18.2 Å². The van der Waals surface area contributed by atoms with Crippen LogP contribution in [0.3, 0.4) is 0 Å². The van der Waals surface area contributed by atoms with E-state index >= 15 is 0 Å². The lowest BCUT2D eigenvalue weighted by molar-refractivity contribution is -0.384. The number of halogens is 1. The molecule has 0 saturated carbocycles. The normalized spacial score (nSPS) is 10.0. The van der Waals surface area contributed by atoms with Gasteiger partial charge in [-0.2, -0.15) is 0 Å². The number of carbonyl (C=O) groups excluding carboxylic acids is 2. The SMILES string of the molecule is O=C(COC(=O)c1ccc([N+](=O)[O-])cc1Cl)NCCOc1ccccc1. The Morgan fingerprint density at radius 3 is 2.54 bits per heavy atom. The molecule has 0 aliphatic rings. The molecule has 0 radical (unpaired) electrons. The number of amides is 1. The largest absolute Gasteiger partial charge is 0.492 e. The fourth-order valence-corrected chi connectivity index (χ4v) is 2.17. The number of rotatable bonds is 8. The zero-order valence-electron chi connectivity index (χ0n) is 13.5. The molecule has 9 heteroatoms. The van der Waals surface area contributed by atoms with Crippen LogP contribution in [-0.2, 0) is 9.53 Å². The standard InChI is InChI=1S/C17H15ClN2O6/c18-15-10-12(20(23)24)6-7-14(15)17(22)26-11-16(21)19-8-9-25-13-4-2-1-3-5-13/h1-7,10H,8-9,11H2,(H,19,21). The molecule has 0 heterocycles. The molecule has 0 aliphatic heterocycles. The van der Waals surface area contributed by atoms with Gasteiger partial charge in [-0.25, -0.2) is 4.79 Å². The average Bonchev–Trinajstić information content (AvgIpc) is 2.64. The van der Waals surface area contributed by atoms with Gasteiger partial charge >= 0.3 is 5.97 Å². The maximum atomic E-state index is 11.9.